The van der Waals surface area contributed by atoms with E-state index in [4.69, 9.17) is 0 Å². The van der Waals surface area contributed by atoms with Crippen molar-refractivity contribution < 1.29 is 9.18 Å². The number of hydrogen-bond donors (Lipinski definition) is 1. The summed E-state index contributed by atoms with van der Waals surface area (Å²) < 4.78 is 17.1. The van der Waals surface area contributed by atoms with Gasteiger partial charge in [-0.2, -0.15) is 0 Å². The topological polar surface area (TPSA) is 81.3 Å². The van der Waals surface area contributed by atoms with Gasteiger partial charge in [-0.1, -0.05) is 43.3 Å². The van der Waals surface area contributed by atoms with Crippen molar-refractivity contribution in [1.29, 1.82) is 0 Å². The Morgan fingerprint density at radius 1 is 1.16 bits per heavy atom. The number of nitrogens with one attached hydrogen (secondary N) is 1. The highest BCUT2D eigenvalue weighted by Gasteiger charge is 2.19. The molecule has 0 saturated carbocycles. The fourth-order valence-corrected chi connectivity index (χ4v) is 4.39. The number of carbonyl (C=O) groups excluding carboxylic acids is 1. The van der Waals surface area contributed by atoms with Crippen LogP contribution < -0.4 is 10.9 Å². The summed E-state index contributed by atoms with van der Waals surface area (Å²) in [6.45, 7) is 8.34. The maximum absolute atomic E-state index is 13.9. The van der Waals surface area contributed by atoms with E-state index in [0.29, 0.717) is 23.0 Å². The molecule has 0 unspecified atom stereocenters. The third-order valence-corrected chi connectivity index (χ3v) is 6.00. The molecule has 0 radical (unpaired) electrons. The number of aryl methyl sites for hydroxylation is 2. The summed E-state index contributed by atoms with van der Waals surface area (Å²) in [5.74, 6) is 0.00349. The molecular formula is C23H24FN5O2S. The van der Waals surface area contributed by atoms with Crippen LogP contribution >= 0.6 is 11.8 Å². The van der Waals surface area contributed by atoms with Gasteiger partial charge in [-0.05, 0) is 49.6 Å². The smallest absolute Gasteiger partial charge is 0.262 e. The first-order valence-electron chi connectivity index (χ1n) is 10.3. The first-order chi connectivity index (χ1) is 15.2. The van der Waals surface area contributed by atoms with Gasteiger partial charge in [-0.25, -0.2) is 4.39 Å². The average molecular weight is 454 g/mol. The quantitative estimate of drug-likeness (QED) is 0.443. The van der Waals surface area contributed by atoms with Gasteiger partial charge in [-0.3, -0.25) is 18.6 Å². The van der Waals surface area contributed by atoms with Crippen LogP contribution in [0.15, 0.2) is 46.3 Å². The van der Waals surface area contributed by atoms with Crippen molar-refractivity contribution in [2.45, 2.75) is 39.4 Å². The first-order valence-corrected chi connectivity index (χ1v) is 11.3. The lowest BCUT2D eigenvalue weighted by Gasteiger charge is -2.13. The Morgan fingerprint density at radius 3 is 2.66 bits per heavy atom. The average Bonchev–Trinajstić information content (AvgIpc) is 3.15. The highest BCUT2D eigenvalue weighted by atomic mass is 32.2. The largest absolute Gasteiger partial charge is 0.325 e. The van der Waals surface area contributed by atoms with E-state index in [-0.39, 0.29) is 28.5 Å². The summed E-state index contributed by atoms with van der Waals surface area (Å²) in [4.78, 5) is 25.6. The van der Waals surface area contributed by atoms with Crippen LogP contribution in [0.25, 0.3) is 16.7 Å². The van der Waals surface area contributed by atoms with Crippen molar-refractivity contribution in [3.05, 3.63) is 63.7 Å². The van der Waals surface area contributed by atoms with Crippen molar-refractivity contribution in [1.82, 2.24) is 19.2 Å². The lowest BCUT2D eigenvalue weighted by atomic mass is 10.1. The predicted molar refractivity (Wildman–Crippen MR) is 125 cm³/mol. The highest BCUT2D eigenvalue weighted by molar-refractivity contribution is 7.99. The van der Waals surface area contributed by atoms with Gasteiger partial charge in [-0.15, -0.1) is 10.2 Å². The third-order valence-electron chi connectivity index (χ3n) is 5.07. The van der Waals surface area contributed by atoms with E-state index < -0.39 is 5.82 Å². The maximum Gasteiger partial charge on any atom is 0.262 e. The molecule has 166 valence electrons. The minimum Gasteiger partial charge on any atom is -0.325 e. The molecule has 1 N–H and O–H groups in total. The highest BCUT2D eigenvalue weighted by Crippen LogP contribution is 2.23. The second-order valence-electron chi connectivity index (χ2n) is 8.24. The summed E-state index contributed by atoms with van der Waals surface area (Å²) >= 11 is 1.21. The van der Waals surface area contributed by atoms with Crippen LogP contribution in [0.2, 0.25) is 0 Å². The summed E-state index contributed by atoms with van der Waals surface area (Å²) in [7, 11) is 0. The minimum atomic E-state index is -0.486. The molecule has 32 heavy (non-hydrogen) atoms. The van der Waals surface area contributed by atoms with E-state index in [1.807, 2.05) is 45.9 Å². The van der Waals surface area contributed by atoms with Crippen LogP contribution in [0.3, 0.4) is 0 Å². The molecule has 2 heterocycles. The van der Waals surface area contributed by atoms with Gasteiger partial charge in [0.25, 0.3) is 5.56 Å². The van der Waals surface area contributed by atoms with Crippen molar-refractivity contribution >= 4 is 40.0 Å². The van der Waals surface area contributed by atoms with Crippen LogP contribution in [0.5, 0.6) is 0 Å². The van der Waals surface area contributed by atoms with Gasteiger partial charge in [0.2, 0.25) is 11.7 Å². The van der Waals surface area contributed by atoms with E-state index in [2.05, 4.69) is 15.5 Å². The van der Waals surface area contributed by atoms with Gasteiger partial charge in [0.15, 0.2) is 5.16 Å². The van der Waals surface area contributed by atoms with Crippen molar-refractivity contribution in [3.63, 3.8) is 0 Å². The van der Waals surface area contributed by atoms with Crippen molar-refractivity contribution in [2.75, 3.05) is 11.1 Å². The molecule has 7 nitrogen and oxygen atoms in total. The number of fused-ring (bicyclic) bond motifs is 3. The number of nitrogens with zero attached hydrogens (tertiary/aromatic N) is 4. The maximum atomic E-state index is 13.9. The zero-order valence-corrected chi connectivity index (χ0v) is 19.2. The normalized spacial score (nSPS) is 11.6. The van der Waals surface area contributed by atoms with Gasteiger partial charge in [0.1, 0.15) is 5.82 Å². The molecule has 0 fully saturated rings. The van der Waals surface area contributed by atoms with Gasteiger partial charge in [0.05, 0.1) is 16.7 Å². The van der Waals surface area contributed by atoms with Crippen LogP contribution in [-0.4, -0.2) is 30.8 Å². The Balaban J connectivity index is 1.69. The Bertz CT molecular complexity index is 1390. The predicted octanol–water partition coefficient (Wildman–Crippen LogP) is 4.19. The number of amides is 1. The number of rotatable bonds is 6. The number of benzene rings is 2. The van der Waals surface area contributed by atoms with E-state index in [0.717, 1.165) is 16.8 Å². The van der Waals surface area contributed by atoms with Gasteiger partial charge >= 0.3 is 0 Å². The van der Waals surface area contributed by atoms with Gasteiger partial charge in [0, 0.05) is 12.2 Å². The van der Waals surface area contributed by atoms with Crippen LogP contribution in [0, 0.1) is 25.6 Å². The standard InChI is InChI=1S/C23H24FN5O2S/c1-13(2)11-28-21(31)17-10-16(24)6-8-19(17)29-22(28)26-27-23(29)32-12-20(30)25-18-7-5-14(3)9-15(18)4/h5-10,13H,11-12H2,1-4H3,(H,25,30). The number of carbonyl (C=O) groups is 1. The molecule has 1 amide bonds. The second-order valence-corrected chi connectivity index (χ2v) is 9.19. The molecule has 2 aromatic heterocycles. The lowest BCUT2D eigenvalue weighted by molar-refractivity contribution is -0.113. The number of thioether (sulfide) groups is 1. The SMILES string of the molecule is Cc1ccc(NC(=O)CSc2nnc3n(CC(C)C)c(=O)c4cc(F)ccc4n23)c(C)c1. The Hall–Kier alpha value is -3.20. The monoisotopic (exact) mass is 453 g/mol. The Morgan fingerprint density at radius 2 is 1.94 bits per heavy atom. The Labute approximate surface area is 188 Å². The second kappa shape index (κ2) is 8.74. The molecule has 0 aliphatic rings. The van der Waals surface area contributed by atoms with E-state index in [1.165, 1.54) is 28.5 Å². The summed E-state index contributed by atoms with van der Waals surface area (Å²) in [5.41, 5.74) is 3.08. The van der Waals surface area contributed by atoms with E-state index in [9.17, 15) is 14.0 Å². The molecule has 0 bridgehead atoms. The van der Waals surface area contributed by atoms with Crippen molar-refractivity contribution in [3.8, 4) is 0 Å². The molecule has 9 heteroatoms. The fourth-order valence-electron chi connectivity index (χ4n) is 3.65. The molecular weight excluding hydrogens is 429 g/mol. The fraction of sp³-hybridized carbons (Fsp3) is 0.304. The molecule has 4 rings (SSSR count). The van der Waals surface area contributed by atoms with E-state index in [1.54, 1.807) is 10.5 Å². The molecule has 0 atom stereocenters. The number of aromatic nitrogens is 4. The van der Waals surface area contributed by atoms with Gasteiger partial charge < -0.3 is 5.32 Å². The van der Waals surface area contributed by atoms with Crippen LogP contribution in [-0.2, 0) is 11.3 Å². The zero-order chi connectivity index (χ0) is 23.0. The van der Waals surface area contributed by atoms with Crippen molar-refractivity contribution in [2.24, 2.45) is 5.92 Å². The number of hydrogen-bond acceptors (Lipinski definition) is 5. The molecule has 4 aromatic rings. The first kappa shape index (κ1) is 22.0. The molecule has 0 aliphatic heterocycles. The molecule has 0 aliphatic carbocycles. The molecule has 2 aromatic carbocycles. The van der Waals surface area contributed by atoms with E-state index >= 15 is 0 Å². The van der Waals surface area contributed by atoms with Crippen LogP contribution in [0.1, 0.15) is 25.0 Å². The number of halogens is 1. The summed E-state index contributed by atoms with van der Waals surface area (Å²) in [6.07, 6.45) is 0. The van der Waals surface area contributed by atoms with Crippen LogP contribution in [0.4, 0.5) is 10.1 Å². The number of anilines is 1. The molecule has 0 spiro atoms. The summed E-state index contributed by atoms with van der Waals surface area (Å²) in [6, 6.07) is 9.91. The zero-order valence-electron chi connectivity index (χ0n) is 18.3. The third kappa shape index (κ3) is 4.25. The Kier molecular flexibility index (Phi) is 6.01. The summed E-state index contributed by atoms with van der Waals surface area (Å²) in [5, 5.41) is 12.1. The molecule has 0 saturated heterocycles. The lowest BCUT2D eigenvalue weighted by Crippen LogP contribution is -2.25. The minimum absolute atomic E-state index is 0.111.